The summed E-state index contributed by atoms with van der Waals surface area (Å²) in [6.45, 7) is 16.2. The molecular formula is C68H66Br2Cl2N2O18. The van der Waals surface area contributed by atoms with Gasteiger partial charge in [0.25, 0.3) is 11.8 Å². The number of benzene rings is 6. The van der Waals surface area contributed by atoms with Gasteiger partial charge in [0.1, 0.15) is 23.0 Å². The second kappa shape index (κ2) is 40.5. The van der Waals surface area contributed by atoms with Crippen molar-refractivity contribution in [2.24, 2.45) is 0 Å². The molecule has 2 N–H and O–H groups in total. The summed E-state index contributed by atoms with van der Waals surface area (Å²) in [6, 6.07) is 32.2. The molecule has 6 aromatic carbocycles. The van der Waals surface area contributed by atoms with Crippen LogP contribution in [-0.4, -0.2) is 100 Å². The number of unbranched alkanes of at least 4 members (excludes halogenated alkanes) is 4. The summed E-state index contributed by atoms with van der Waals surface area (Å²) >= 11 is 19.5. The van der Waals surface area contributed by atoms with Gasteiger partial charge in [-0.3, -0.25) is 9.59 Å². The Balaban J connectivity index is 0.000000334. The molecule has 0 unspecified atom stereocenters. The van der Waals surface area contributed by atoms with Crippen LogP contribution >= 0.6 is 55.1 Å². The van der Waals surface area contributed by atoms with E-state index in [0.29, 0.717) is 151 Å². The lowest BCUT2D eigenvalue weighted by Gasteiger charge is -2.13. The van der Waals surface area contributed by atoms with Gasteiger partial charge in [-0.25, -0.2) is 28.8 Å². The van der Waals surface area contributed by atoms with E-state index in [1.54, 1.807) is 109 Å². The number of hydrogen-bond acceptors (Lipinski definition) is 18. The molecule has 0 bridgehead atoms. The summed E-state index contributed by atoms with van der Waals surface area (Å²) in [5.41, 5.74) is 2.13. The Morgan fingerprint density at radius 1 is 0.359 bits per heavy atom. The third-order valence-corrected chi connectivity index (χ3v) is 13.9. The first-order valence-corrected chi connectivity index (χ1v) is 30.9. The molecule has 0 fully saturated rings. The van der Waals surface area contributed by atoms with Crippen molar-refractivity contribution in [1.29, 1.82) is 0 Å². The average Bonchev–Trinajstić information content (AvgIpc) is 0.925. The predicted octanol–water partition coefficient (Wildman–Crippen LogP) is 14.7. The molecule has 0 saturated carbocycles. The summed E-state index contributed by atoms with van der Waals surface area (Å²) in [5, 5.41) is 5.59. The maximum Gasteiger partial charge on any atom is 0.343 e. The summed E-state index contributed by atoms with van der Waals surface area (Å²) in [5.74, 6) is -1.30. The van der Waals surface area contributed by atoms with Crippen molar-refractivity contribution in [2.45, 2.75) is 51.4 Å². The largest absolute Gasteiger partial charge is 0.494 e. The summed E-state index contributed by atoms with van der Waals surface area (Å²) in [6.07, 6.45) is 9.80. The van der Waals surface area contributed by atoms with Crippen LogP contribution in [0.2, 0.25) is 10.0 Å². The van der Waals surface area contributed by atoms with Crippen LogP contribution in [0.3, 0.4) is 0 Å². The van der Waals surface area contributed by atoms with Gasteiger partial charge in [0, 0.05) is 46.8 Å². The average molecular weight is 1430 g/mol. The lowest BCUT2D eigenvalue weighted by atomic mass is 10.2. The van der Waals surface area contributed by atoms with Gasteiger partial charge in [-0.2, -0.15) is 0 Å². The Morgan fingerprint density at radius 2 is 0.609 bits per heavy atom. The number of ether oxygens (including phenoxy) is 10. The second-order valence-electron chi connectivity index (χ2n) is 19.0. The van der Waals surface area contributed by atoms with Crippen molar-refractivity contribution in [2.75, 3.05) is 63.5 Å². The molecule has 0 aliphatic carbocycles. The molecule has 0 spiro atoms. The van der Waals surface area contributed by atoms with E-state index in [1.165, 1.54) is 12.1 Å². The molecule has 92 heavy (non-hydrogen) atoms. The highest BCUT2D eigenvalue weighted by molar-refractivity contribution is 9.11. The van der Waals surface area contributed by atoms with Gasteiger partial charge in [0.2, 0.25) is 0 Å². The highest BCUT2D eigenvalue weighted by Crippen LogP contribution is 2.39. The third kappa shape index (κ3) is 26.7. The third-order valence-electron chi connectivity index (χ3n) is 12.2. The zero-order valence-electron chi connectivity index (χ0n) is 49.9. The monoisotopic (exact) mass is 1430 g/mol. The molecule has 0 saturated heterocycles. The van der Waals surface area contributed by atoms with E-state index < -0.39 is 41.7 Å². The quantitative estimate of drug-likeness (QED) is 0.0122. The minimum Gasteiger partial charge on any atom is -0.494 e. The number of rotatable bonds is 36. The van der Waals surface area contributed by atoms with Crippen LogP contribution in [0.1, 0.15) is 92.8 Å². The molecule has 0 aromatic heterocycles. The minimum atomic E-state index is -0.686. The Hall–Kier alpha value is -9.22. The van der Waals surface area contributed by atoms with Crippen LogP contribution in [0.15, 0.2) is 181 Å². The molecule has 6 aromatic rings. The number of halogens is 4. The van der Waals surface area contributed by atoms with Crippen LogP contribution in [0.25, 0.3) is 0 Å². The highest BCUT2D eigenvalue weighted by atomic mass is 79.9. The summed E-state index contributed by atoms with van der Waals surface area (Å²) in [7, 11) is 0. The maximum absolute atomic E-state index is 12.8. The topological polar surface area (TPSA) is 253 Å². The van der Waals surface area contributed by atoms with E-state index in [4.69, 9.17) is 70.6 Å². The molecule has 0 atom stereocenters. The van der Waals surface area contributed by atoms with Gasteiger partial charge in [-0.05, 0) is 205 Å². The molecular weight excluding hydrogens is 1360 g/mol. The number of anilines is 2. The lowest BCUT2D eigenvalue weighted by Crippen LogP contribution is -2.13. The molecule has 6 rings (SSSR count). The zero-order valence-corrected chi connectivity index (χ0v) is 54.5. The maximum atomic E-state index is 12.8. The number of hydrogen-bond donors (Lipinski definition) is 2. The predicted molar refractivity (Wildman–Crippen MR) is 353 cm³/mol. The van der Waals surface area contributed by atoms with Crippen LogP contribution in [0, 0.1) is 0 Å². The minimum absolute atomic E-state index is 0.0258. The van der Waals surface area contributed by atoms with Crippen LogP contribution in [0.4, 0.5) is 11.4 Å². The lowest BCUT2D eigenvalue weighted by molar-refractivity contribution is -0.138. The molecule has 20 nitrogen and oxygen atoms in total. The normalized spacial score (nSPS) is 10.3. The van der Waals surface area contributed by atoms with Gasteiger partial charge in [0.05, 0.1) is 83.0 Å². The smallest absolute Gasteiger partial charge is 0.343 e. The van der Waals surface area contributed by atoms with E-state index >= 15 is 0 Å². The molecule has 2 amide bonds. The highest BCUT2D eigenvalue weighted by Gasteiger charge is 2.20. The number of esters is 6. The number of amides is 2. The van der Waals surface area contributed by atoms with Crippen LogP contribution in [-0.2, 0) is 38.1 Å². The Labute approximate surface area is 559 Å². The summed E-state index contributed by atoms with van der Waals surface area (Å²) in [4.78, 5) is 95.3. The second-order valence-corrected chi connectivity index (χ2v) is 21.6. The van der Waals surface area contributed by atoms with Gasteiger partial charge >= 0.3 is 35.8 Å². The molecule has 0 radical (unpaired) electrons. The fourth-order valence-electron chi connectivity index (χ4n) is 7.45. The van der Waals surface area contributed by atoms with Crippen molar-refractivity contribution in [3.05, 3.63) is 213 Å². The first-order valence-electron chi connectivity index (χ1n) is 28.5. The molecule has 0 aliphatic rings. The fourth-order valence-corrected chi connectivity index (χ4v) is 9.36. The molecule has 24 heteroatoms. The van der Waals surface area contributed by atoms with Gasteiger partial charge < -0.3 is 58.0 Å². The fraction of sp³-hybridized carbons (Fsp3) is 0.235. The Morgan fingerprint density at radius 3 is 0.891 bits per heavy atom. The van der Waals surface area contributed by atoms with Gasteiger partial charge in [-0.15, -0.1) is 0 Å². The Bertz CT molecular complexity index is 3230. The van der Waals surface area contributed by atoms with E-state index in [9.17, 15) is 38.4 Å². The van der Waals surface area contributed by atoms with Crippen LogP contribution < -0.4 is 39.1 Å². The van der Waals surface area contributed by atoms with E-state index in [2.05, 4.69) is 68.8 Å². The SMILES string of the molecule is C=CC(=O)OCCCCOc1ccc(C(=O)Nc2cc(Br)c(OC(=O)c3ccc(OCCCCOC(=O)C=C)cc3)c(Br)c2)cc1.C=CC(=O)OCCCCOc1ccc(C(=O)Nc2cc(Cl)c(OC(=O)c3ccc(OCCCCOC(=O)C=C)cc3)c(Cl)c2)cc1. The molecule has 0 heterocycles. The number of carbonyl (C=O) groups is 8. The van der Waals surface area contributed by atoms with Crippen molar-refractivity contribution in [3.8, 4) is 34.5 Å². The summed E-state index contributed by atoms with van der Waals surface area (Å²) < 4.78 is 54.2. The van der Waals surface area contributed by atoms with Crippen molar-refractivity contribution in [1.82, 2.24) is 0 Å². The van der Waals surface area contributed by atoms with Gasteiger partial charge in [0.15, 0.2) is 11.5 Å². The molecule has 484 valence electrons. The number of carbonyl (C=O) groups excluding carboxylic acids is 8. The van der Waals surface area contributed by atoms with Gasteiger partial charge in [-0.1, -0.05) is 49.5 Å². The van der Waals surface area contributed by atoms with Crippen LogP contribution in [0.5, 0.6) is 34.5 Å². The van der Waals surface area contributed by atoms with Crippen molar-refractivity contribution in [3.63, 3.8) is 0 Å². The van der Waals surface area contributed by atoms with Crippen molar-refractivity contribution < 1.29 is 85.7 Å². The van der Waals surface area contributed by atoms with E-state index in [0.717, 1.165) is 24.3 Å². The van der Waals surface area contributed by atoms with E-state index in [1.807, 2.05) is 0 Å². The van der Waals surface area contributed by atoms with E-state index in [-0.39, 0.29) is 46.2 Å². The molecule has 0 aliphatic heterocycles. The zero-order chi connectivity index (χ0) is 66.6. The Kier molecular flexibility index (Phi) is 32.4. The number of nitrogens with one attached hydrogen (secondary N) is 2. The first-order chi connectivity index (χ1) is 44.4. The first kappa shape index (κ1) is 73.5. The van der Waals surface area contributed by atoms with Crippen molar-refractivity contribution >= 4 is 114 Å². The standard InChI is InChI=1S/C34H33Br2NO9.C34H33Cl2NO9/c2*1-3-30(38)44-19-7-5-17-42-26-13-9-23(10-14-26)33(40)37-25-21-28(35)32(29(36)22-25)46-34(41)24-11-15-27(16-12-24)43-18-6-8-20-45-31(39)4-2/h2*3-4,9-16,21-22H,1-2,5-8,17-20H2,(H,37,40).